The van der Waals surface area contributed by atoms with Crippen LogP contribution in [-0.4, -0.2) is 23.3 Å². The Labute approximate surface area is 94.6 Å². The van der Waals surface area contributed by atoms with Gasteiger partial charge in [0, 0.05) is 13.0 Å². The van der Waals surface area contributed by atoms with Gasteiger partial charge in [-0.1, -0.05) is 26.1 Å². The van der Waals surface area contributed by atoms with Crippen LogP contribution in [0.25, 0.3) is 0 Å². The lowest BCUT2D eigenvalue weighted by Gasteiger charge is -2.18. The Morgan fingerprint density at radius 2 is 1.87 bits per heavy atom. The predicted octanol–water partition coefficient (Wildman–Crippen LogP) is -0.464. The van der Waals surface area contributed by atoms with E-state index in [-0.39, 0.29) is 29.8 Å². The second-order valence-electron chi connectivity index (χ2n) is 3.63. The SMILES string of the molecule is CC(C)C(C(=O)NCCC(N)=O)C(N)=S. The number of primary amides is 1. The van der Waals surface area contributed by atoms with E-state index in [1.54, 1.807) is 0 Å². The van der Waals surface area contributed by atoms with Crippen LogP contribution in [0, 0.1) is 11.8 Å². The minimum atomic E-state index is -0.493. The lowest BCUT2D eigenvalue weighted by Crippen LogP contribution is -2.41. The summed E-state index contributed by atoms with van der Waals surface area (Å²) in [4.78, 5) is 22.2. The molecular formula is C9H17N3O2S. The highest BCUT2D eigenvalue weighted by Gasteiger charge is 2.24. The molecule has 0 aromatic carbocycles. The lowest BCUT2D eigenvalue weighted by molar-refractivity contribution is -0.124. The number of amides is 2. The summed E-state index contributed by atoms with van der Waals surface area (Å²) in [5.41, 5.74) is 10.4. The second-order valence-corrected chi connectivity index (χ2v) is 4.10. The zero-order valence-electron chi connectivity index (χ0n) is 8.95. The van der Waals surface area contributed by atoms with Crippen LogP contribution in [-0.2, 0) is 9.59 Å². The molecule has 5 nitrogen and oxygen atoms in total. The van der Waals surface area contributed by atoms with E-state index in [0.29, 0.717) is 0 Å². The molecule has 0 saturated heterocycles. The normalized spacial score (nSPS) is 12.2. The standard InChI is InChI=1S/C9H17N3O2S/c1-5(2)7(8(11)15)9(14)12-4-3-6(10)13/h5,7H,3-4H2,1-2H3,(H2,10,13)(H2,11,15)(H,12,14). The van der Waals surface area contributed by atoms with Gasteiger partial charge < -0.3 is 16.8 Å². The largest absolute Gasteiger partial charge is 0.393 e. The third kappa shape index (κ3) is 5.31. The molecule has 0 heterocycles. The monoisotopic (exact) mass is 231 g/mol. The maximum Gasteiger partial charge on any atom is 0.230 e. The van der Waals surface area contributed by atoms with Crippen molar-refractivity contribution in [3.05, 3.63) is 0 Å². The summed E-state index contributed by atoms with van der Waals surface area (Å²) in [5, 5.41) is 2.57. The first-order valence-corrected chi connectivity index (χ1v) is 5.12. The molecule has 1 atom stereocenters. The molecule has 0 fully saturated rings. The number of thiocarbonyl (C=S) groups is 1. The van der Waals surface area contributed by atoms with Gasteiger partial charge in [0.25, 0.3) is 0 Å². The van der Waals surface area contributed by atoms with Crippen LogP contribution >= 0.6 is 12.2 Å². The topological polar surface area (TPSA) is 98.2 Å². The van der Waals surface area contributed by atoms with Gasteiger partial charge in [0.1, 0.15) is 0 Å². The number of hydrogen-bond acceptors (Lipinski definition) is 3. The predicted molar refractivity (Wildman–Crippen MR) is 61.9 cm³/mol. The van der Waals surface area contributed by atoms with E-state index in [1.807, 2.05) is 13.8 Å². The number of rotatable bonds is 6. The number of nitrogens with one attached hydrogen (secondary N) is 1. The van der Waals surface area contributed by atoms with Crippen molar-refractivity contribution in [2.24, 2.45) is 23.3 Å². The fourth-order valence-electron chi connectivity index (χ4n) is 1.18. The van der Waals surface area contributed by atoms with Gasteiger partial charge in [-0.2, -0.15) is 0 Å². The smallest absolute Gasteiger partial charge is 0.230 e. The Hall–Kier alpha value is -1.17. The summed E-state index contributed by atoms with van der Waals surface area (Å²) in [7, 11) is 0. The third-order valence-electron chi connectivity index (χ3n) is 1.93. The fourth-order valence-corrected chi connectivity index (χ4v) is 1.56. The van der Waals surface area contributed by atoms with Gasteiger partial charge in [0.2, 0.25) is 11.8 Å². The summed E-state index contributed by atoms with van der Waals surface area (Å²) >= 11 is 4.80. The second kappa shape index (κ2) is 6.34. The quantitative estimate of drug-likeness (QED) is 0.538. The Morgan fingerprint density at radius 1 is 1.33 bits per heavy atom. The van der Waals surface area contributed by atoms with Crippen molar-refractivity contribution in [1.82, 2.24) is 5.32 Å². The van der Waals surface area contributed by atoms with Crippen LogP contribution in [0.2, 0.25) is 0 Å². The minimum Gasteiger partial charge on any atom is -0.393 e. The first-order valence-electron chi connectivity index (χ1n) is 4.71. The highest BCUT2D eigenvalue weighted by Crippen LogP contribution is 2.11. The average molecular weight is 231 g/mol. The minimum absolute atomic E-state index is 0.0380. The molecule has 5 N–H and O–H groups in total. The lowest BCUT2D eigenvalue weighted by atomic mass is 9.95. The van der Waals surface area contributed by atoms with Crippen LogP contribution in [0.4, 0.5) is 0 Å². The molecule has 0 rings (SSSR count). The molecular weight excluding hydrogens is 214 g/mol. The Bertz CT molecular complexity index is 266. The fraction of sp³-hybridized carbons (Fsp3) is 0.667. The van der Waals surface area contributed by atoms with E-state index < -0.39 is 11.8 Å². The molecule has 6 heteroatoms. The van der Waals surface area contributed by atoms with Crippen LogP contribution in [0.3, 0.4) is 0 Å². The molecule has 0 aliphatic rings. The van der Waals surface area contributed by atoms with E-state index in [2.05, 4.69) is 5.32 Å². The van der Waals surface area contributed by atoms with Crippen molar-refractivity contribution in [3.63, 3.8) is 0 Å². The van der Waals surface area contributed by atoms with Gasteiger partial charge in [-0.05, 0) is 5.92 Å². The van der Waals surface area contributed by atoms with Gasteiger partial charge >= 0.3 is 0 Å². The molecule has 0 saturated carbocycles. The zero-order valence-corrected chi connectivity index (χ0v) is 9.76. The third-order valence-corrected chi connectivity index (χ3v) is 2.18. The molecule has 2 amide bonds. The van der Waals surface area contributed by atoms with Crippen molar-refractivity contribution in [1.29, 1.82) is 0 Å². The number of carbonyl (C=O) groups is 2. The van der Waals surface area contributed by atoms with Gasteiger partial charge in [0.05, 0.1) is 10.9 Å². The highest BCUT2D eigenvalue weighted by molar-refractivity contribution is 7.80. The average Bonchev–Trinajstić information content (AvgIpc) is 2.01. The van der Waals surface area contributed by atoms with E-state index >= 15 is 0 Å². The molecule has 0 aromatic heterocycles. The van der Waals surface area contributed by atoms with Crippen LogP contribution in [0.15, 0.2) is 0 Å². The summed E-state index contributed by atoms with van der Waals surface area (Å²) in [5.74, 6) is -1.16. The molecule has 0 radical (unpaired) electrons. The van der Waals surface area contributed by atoms with Gasteiger partial charge in [0.15, 0.2) is 0 Å². The maximum absolute atomic E-state index is 11.6. The molecule has 0 aliphatic carbocycles. The molecule has 86 valence electrons. The van der Waals surface area contributed by atoms with Crippen molar-refractivity contribution in [2.75, 3.05) is 6.54 Å². The highest BCUT2D eigenvalue weighted by atomic mass is 32.1. The summed E-state index contributed by atoms with van der Waals surface area (Å²) in [6.45, 7) is 3.94. The maximum atomic E-state index is 11.6. The van der Waals surface area contributed by atoms with Crippen molar-refractivity contribution < 1.29 is 9.59 Å². The molecule has 1 unspecified atom stereocenters. The van der Waals surface area contributed by atoms with Crippen LogP contribution in [0.1, 0.15) is 20.3 Å². The van der Waals surface area contributed by atoms with Crippen molar-refractivity contribution >= 4 is 29.0 Å². The van der Waals surface area contributed by atoms with E-state index in [0.717, 1.165) is 0 Å². The van der Waals surface area contributed by atoms with Crippen LogP contribution in [0.5, 0.6) is 0 Å². The van der Waals surface area contributed by atoms with E-state index in [4.69, 9.17) is 23.7 Å². The van der Waals surface area contributed by atoms with Crippen molar-refractivity contribution in [3.8, 4) is 0 Å². The molecule has 0 aromatic rings. The molecule has 0 aliphatic heterocycles. The first kappa shape index (κ1) is 13.8. The molecule has 0 spiro atoms. The number of nitrogens with two attached hydrogens (primary N) is 2. The zero-order chi connectivity index (χ0) is 12.0. The Balaban J connectivity index is 4.16. The molecule has 15 heavy (non-hydrogen) atoms. The van der Waals surface area contributed by atoms with Gasteiger partial charge in [-0.15, -0.1) is 0 Å². The van der Waals surface area contributed by atoms with Crippen molar-refractivity contribution in [2.45, 2.75) is 20.3 Å². The van der Waals surface area contributed by atoms with E-state index in [1.165, 1.54) is 0 Å². The first-order chi connectivity index (χ1) is 6.86. The summed E-state index contributed by atoms with van der Waals surface area (Å²) in [6.07, 6.45) is 0.119. The Morgan fingerprint density at radius 3 is 2.20 bits per heavy atom. The summed E-state index contributed by atoms with van der Waals surface area (Å²) < 4.78 is 0. The van der Waals surface area contributed by atoms with E-state index in [9.17, 15) is 9.59 Å². The number of hydrogen-bond donors (Lipinski definition) is 3. The van der Waals surface area contributed by atoms with Gasteiger partial charge in [-0.25, -0.2) is 0 Å². The summed E-state index contributed by atoms with van der Waals surface area (Å²) in [6, 6.07) is 0. The Kier molecular flexibility index (Phi) is 5.84. The van der Waals surface area contributed by atoms with Gasteiger partial charge in [-0.3, -0.25) is 9.59 Å². The molecule has 0 bridgehead atoms. The number of carbonyl (C=O) groups excluding carboxylic acids is 2. The van der Waals surface area contributed by atoms with Crippen LogP contribution < -0.4 is 16.8 Å².